The highest BCUT2D eigenvalue weighted by molar-refractivity contribution is 5.98. The van der Waals surface area contributed by atoms with Crippen molar-refractivity contribution in [2.45, 2.75) is 26.4 Å². The van der Waals surface area contributed by atoms with Gasteiger partial charge in [-0.15, -0.1) is 0 Å². The van der Waals surface area contributed by atoms with Gasteiger partial charge in [0.2, 0.25) is 0 Å². The molecule has 0 aliphatic carbocycles. The maximum Gasteiger partial charge on any atom is 0.410 e. The minimum atomic E-state index is 0.103. The summed E-state index contributed by atoms with van der Waals surface area (Å²) in [4.78, 5) is 0. The van der Waals surface area contributed by atoms with E-state index in [4.69, 9.17) is 3.79 Å². The molecule has 0 aromatic carbocycles. The lowest BCUT2D eigenvalue weighted by atomic mass is 10.2. The van der Waals surface area contributed by atoms with E-state index >= 15 is 0 Å². The maximum atomic E-state index is 5.08. The van der Waals surface area contributed by atoms with Gasteiger partial charge >= 0.3 is 16.6 Å². The van der Waals surface area contributed by atoms with Crippen LogP contribution in [0.3, 0.4) is 0 Å². The molecule has 0 amide bonds. The van der Waals surface area contributed by atoms with Crippen molar-refractivity contribution in [2.75, 3.05) is 0 Å². The Bertz CT molecular complexity index is 37.3. The third-order valence-corrected chi connectivity index (χ3v) is 1.84. The summed E-state index contributed by atoms with van der Waals surface area (Å²) in [5.74, 6) is 0. The Morgan fingerprint density at radius 3 is 1.50 bits per heavy atom. The first-order valence-electron chi connectivity index (χ1n) is 2.11. The summed E-state index contributed by atoms with van der Waals surface area (Å²) in [7, 11) is 0. The van der Waals surface area contributed by atoms with Gasteiger partial charge in [0, 0.05) is 5.60 Å². The highest BCUT2D eigenvalue weighted by Crippen LogP contribution is 2.01. The zero-order valence-corrected chi connectivity index (χ0v) is 6.91. The fourth-order valence-electron chi connectivity index (χ4n) is 0. The topological polar surface area (TPSA) is 9.23 Å². The largest absolute Gasteiger partial charge is 0.502 e. The molecule has 0 heterocycles. The Morgan fingerprint density at radius 1 is 1.33 bits per heavy atom. The van der Waals surface area contributed by atoms with Crippen LogP contribution in [0.2, 0.25) is 0 Å². The first kappa shape index (κ1) is 6.49. The molecule has 0 aliphatic rings. The Morgan fingerprint density at radius 2 is 1.50 bits per heavy atom. The van der Waals surface area contributed by atoms with E-state index in [-0.39, 0.29) is 5.60 Å². The molecule has 0 bridgehead atoms. The average molecular weight is 102 g/mol. The Balaban J connectivity index is 3.17. The van der Waals surface area contributed by atoms with Gasteiger partial charge in [-0.3, -0.25) is 0 Å². The van der Waals surface area contributed by atoms with E-state index in [0.29, 0.717) is 0 Å². The van der Waals surface area contributed by atoms with Crippen molar-refractivity contribution >= 4 is 16.6 Å². The van der Waals surface area contributed by atoms with E-state index in [0.717, 1.165) is 16.6 Å². The molecule has 6 heavy (non-hydrogen) atoms. The predicted molar refractivity (Wildman–Crippen MR) is 29.4 cm³/mol. The standard InChI is InChI=1S/C4H9O.Al.2H/c1-4(2,3)5;;;/h1-3H3;;;/q-1;+1;;. The minimum Gasteiger partial charge on any atom is -0.502 e. The molecule has 0 unspecified atom stereocenters. The SMILES string of the molecule is CC(C)(C)[O][AlH2]. The molecule has 0 aromatic heterocycles. The van der Waals surface area contributed by atoms with Crippen molar-refractivity contribution < 1.29 is 3.79 Å². The summed E-state index contributed by atoms with van der Waals surface area (Å²) < 4.78 is 5.08. The van der Waals surface area contributed by atoms with Crippen LogP contribution in [-0.2, 0) is 3.79 Å². The van der Waals surface area contributed by atoms with E-state index in [1.165, 1.54) is 0 Å². The zero-order valence-electron chi connectivity index (χ0n) is 4.91. The Hall–Kier alpha value is 0.492. The maximum absolute atomic E-state index is 5.08. The molecule has 0 fully saturated rings. The summed E-state index contributed by atoms with van der Waals surface area (Å²) in [6.45, 7) is 6.17. The van der Waals surface area contributed by atoms with Crippen molar-refractivity contribution in [3.8, 4) is 0 Å². The molecule has 0 rings (SSSR count). The van der Waals surface area contributed by atoms with Crippen LogP contribution < -0.4 is 0 Å². The highest BCUT2D eigenvalue weighted by Gasteiger charge is 2.02. The van der Waals surface area contributed by atoms with Crippen molar-refractivity contribution in [1.82, 2.24) is 0 Å². The first-order chi connectivity index (χ1) is 2.56. The van der Waals surface area contributed by atoms with Crippen LogP contribution in [0, 0.1) is 0 Å². The van der Waals surface area contributed by atoms with E-state index in [1.807, 2.05) is 0 Å². The number of rotatable bonds is 0. The average Bonchev–Trinajstić information content (AvgIpc) is 1.35. The van der Waals surface area contributed by atoms with E-state index in [2.05, 4.69) is 20.8 Å². The van der Waals surface area contributed by atoms with Crippen molar-refractivity contribution in [2.24, 2.45) is 0 Å². The van der Waals surface area contributed by atoms with Gasteiger partial charge in [0.15, 0.2) is 0 Å². The second kappa shape index (κ2) is 1.97. The Kier molecular flexibility index (Phi) is 2.14. The lowest BCUT2D eigenvalue weighted by Crippen LogP contribution is -2.16. The van der Waals surface area contributed by atoms with Crippen LogP contribution in [0.25, 0.3) is 0 Å². The zero-order chi connectivity index (χ0) is 5.21. The van der Waals surface area contributed by atoms with Gasteiger partial charge in [-0.2, -0.15) is 0 Å². The molecule has 0 aromatic rings. The molecular formula is C4H11AlO. The van der Waals surface area contributed by atoms with Crippen molar-refractivity contribution in [3.05, 3.63) is 0 Å². The normalized spacial score (nSPS) is 11.8. The van der Waals surface area contributed by atoms with Gasteiger partial charge < -0.3 is 3.79 Å². The molecule has 36 valence electrons. The van der Waals surface area contributed by atoms with Crippen LogP contribution in [0.15, 0.2) is 0 Å². The van der Waals surface area contributed by atoms with Crippen LogP contribution in [0.5, 0.6) is 0 Å². The quantitative estimate of drug-likeness (QED) is 0.401. The van der Waals surface area contributed by atoms with Crippen LogP contribution in [-0.4, -0.2) is 22.2 Å². The number of hydrogen-bond donors (Lipinski definition) is 0. The molecular weight excluding hydrogens is 91.0 g/mol. The summed E-state index contributed by atoms with van der Waals surface area (Å²) in [6, 6.07) is 0. The van der Waals surface area contributed by atoms with Gasteiger partial charge in [0.1, 0.15) is 0 Å². The van der Waals surface area contributed by atoms with Gasteiger partial charge in [-0.25, -0.2) is 0 Å². The van der Waals surface area contributed by atoms with Crippen molar-refractivity contribution in [3.63, 3.8) is 0 Å². The number of hydrogen-bond acceptors (Lipinski definition) is 1. The molecule has 0 spiro atoms. The van der Waals surface area contributed by atoms with E-state index in [9.17, 15) is 0 Å². The third kappa shape index (κ3) is 4.49. The van der Waals surface area contributed by atoms with Gasteiger partial charge in [-0.1, -0.05) is 0 Å². The molecule has 0 aliphatic heterocycles. The molecule has 0 radical (unpaired) electrons. The highest BCUT2D eigenvalue weighted by atomic mass is 27.1. The lowest BCUT2D eigenvalue weighted by Gasteiger charge is -2.16. The summed E-state index contributed by atoms with van der Waals surface area (Å²) in [6.07, 6.45) is 0. The minimum absolute atomic E-state index is 0.103. The second-order valence-corrected chi connectivity index (χ2v) is 2.72. The summed E-state index contributed by atoms with van der Waals surface area (Å²) in [5.41, 5.74) is 0.103. The van der Waals surface area contributed by atoms with Gasteiger partial charge in [0.25, 0.3) is 0 Å². The molecule has 1 nitrogen and oxygen atoms in total. The second-order valence-electron chi connectivity index (χ2n) is 2.32. The predicted octanol–water partition coefficient (Wildman–Crippen LogP) is 0.350. The van der Waals surface area contributed by atoms with E-state index < -0.39 is 0 Å². The third-order valence-electron chi connectivity index (χ3n) is 0.612. The van der Waals surface area contributed by atoms with Gasteiger partial charge in [-0.05, 0) is 20.8 Å². The molecule has 0 saturated carbocycles. The Labute approximate surface area is 47.4 Å². The molecule has 2 heteroatoms. The van der Waals surface area contributed by atoms with Crippen LogP contribution in [0.1, 0.15) is 20.8 Å². The summed E-state index contributed by atoms with van der Waals surface area (Å²) >= 11 is 0.848. The fourth-order valence-corrected chi connectivity index (χ4v) is 0. The molecule has 0 N–H and O–H groups in total. The van der Waals surface area contributed by atoms with Gasteiger partial charge in [0.05, 0.1) is 0 Å². The smallest absolute Gasteiger partial charge is 0.410 e. The lowest BCUT2D eigenvalue weighted by molar-refractivity contribution is 0.147. The fraction of sp³-hybridized carbons (Fsp3) is 1.00. The monoisotopic (exact) mass is 102 g/mol. The van der Waals surface area contributed by atoms with E-state index in [1.54, 1.807) is 0 Å². The van der Waals surface area contributed by atoms with Crippen LogP contribution in [0.4, 0.5) is 0 Å². The first-order valence-corrected chi connectivity index (χ1v) is 2.93. The molecule has 0 atom stereocenters. The van der Waals surface area contributed by atoms with Crippen LogP contribution >= 0.6 is 0 Å². The summed E-state index contributed by atoms with van der Waals surface area (Å²) in [5, 5.41) is 0. The molecule has 0 saturated heterocycles. The van der Waals surface area contributed by atoms with Crippen molar-refractivity contribution in [1.29, 1.82) is 0 Å².